The van der Waals surface area contributed by atoms with Gasteiger partial charge in [-0.05, 0) is 67.3 Å². The summed E-state index contributed by atoms with van der Waals surface area (Å²) in [6.45, 7) is 5.32. The van der Waals surface area contributed by atoms with Gasteiger partial charge in [-0.25, -0.2) is 4.79 Å². The second kappa shape index (κ2) is 12.4. The third-order valence-corrected chi connectivity index (χ3v) is 9.28. The average Bonchev–Trinajstić information content (AvgIpc) is 3.48. The van der Waals surface area contributed by atoms with Gasteiger partial charge in [-0.2, -0.15) is 0 Å². The van der Waals surface area contributed by atoms with E-state index in [2.05, 4.69) is 51.4 Å². The normalized spacial score (nSPS) is 21.6. The minimum absolute atomic E-state index is 0.131. The molecule has 41 heavy (non-hydrogen) atoms. The third-order valence-electron chi connectivity index (χ3n) is 9.28. The maximum atomic E-state index is 12.8. The molecule has 0 radical (unpaired) electrons. The number of hydrogen-bond acceptors (Lipinski definition) is 6. The van der Waals surface area contributed by atoms with Crippen LogP contribution in [-0.4, -0.2) is 66.9 Å². The summed E-state index contributed by atoms with van der Waals surface area (Å²) in [6.07, 6.45) is 5.01. The quantitative estimate of drug-likeness (QED) is 0.249. The zero-order chi connectivity index (χ0) is 28.1. The molecular weight excluding hydrogens is 512 g/mol. The van der Waals surface area contributed by atoms with E-state index in [0.29, 0.717) is 6.61 Å². The number of amides is 1. The molecule has 1 aliphatic heterocycles. The van der Waals surface area contributed by atoms with Gasteiger partial charge in [0, 0.05) is 39.3 Å². The highest BCUT2D eigenvalue weighted by Crippen LogP contribution is 2.43. The summed E-state index contributed by atoms with van der Waals surface area (Å²) in [4.78, 5) is 19.6. The van der Waals surface area contributed by atoms with Crippen molar-refractivity contribution >= 4 is 22.9 Å². The Balaban J connectivity index is 1.05. The van der Waals surface area contributed by atoms with Crippen molar-refractivity contribution in [3.63, 3.8) is 0 Å². The molecule has 7 heteroatoms. The Morgan fingerprint density at radius 1 is 0.927 bits per heavy atom. The van der Waals surface area contributed by atoms with Gasteiger partial charge < -0.3 is 19.1 Å². The maximum Gasteiger partial charge on any atom is 0.410 e. The maximum absolute atomic E-state index is 12.8. The van der Waals surface area contributed by atoms with Gasteiger partial charge in [0.2, 0.25) is 0 Å². The number of anilines is 1. The van der Waals surface area contributed by atoms with Crippen molar-refractivity contribution in [2.24, 2.45) is 0 Å². The summed E-state index contributed by atoms with van der Waals surface area (Å²) in [5.74, 6) is 0.964. The molecular formula is C34H40N4O3. The van der Waals surface area contributed by atoms with Gasteiger partial charge in [-0.1, -0.05) is 78.0 Å². The lowest BCUT2D eigenvalue weighted by Crippen LogP contribution is -2.49. The van der Waals surface area contributed by atoms with Crippen LogP contribution < -0.4 is 4.90 Å². The molecule has 0 atom stereocenters. The molecule has 2 aliphatic rings. The largest absolute Gasteiger partial charge is 0.445 e. The molecule has 0 bridgehead atoms. The zero-order valence-corrected chi connectivity index (χ0v) is 24.0. The SMILES string of the molecule is CN(C(=O)OCc1ccccc1)C1CCC(CCN2CCN(c3noc4ccccc34)CC2)(c2ccccc2)CC1. The number of ether oxygens (including phenoxy) is 1. The van der Waals surface area contributed by atoms with Gasteiger partial charge in [0.05, 0.1) is 5.39 Å². The Hall–Kier alpha value is -3.84. The smallest absolute Gasteiger partial charge is 0.410 e. The molecule has 1 saturated heterocycles. The Kier molecular flexibility index (Phi) is 8.23. The van der Waals surface area contributed by atoms with Gasteiger partial charge >= 0.3 is 6.09 Å². The van der Waals surface area contributed by atoms with Crippen LogP contribution in [0.4, 0.5) is 10.6 Å². The van der Waals surface area contributed by atoms with E-state index >= 15 is 0 Å². The number of piperazine rings is 1. The Bertz CT molecular complexity index is 1410. The van der Waals surface area contributed by atoms with Gasteiger partial charge in [0.15, 0.2) is 11.4 Å². The second-order valence-electron chi connectivity index (χ2n) is 11.6. The Labute approximate surface area is 242 Å². The first kappa shape index (κ1) is 27.3. The molecule has 2 heterocycles. The summed E-state index contributed by atoms with van der Waals surface area (Å²) in [7, 11) is 1.89. The van der Waals surface area contributed by atoms with Crippen LogP contribution in [0.5, 0.6) is 0 Å². The first-order chi connectivity index (χ1) is 20.1. The minimum atomic E-state index is -0.233. The van der Waals surface area contributed by atoms with E-state index in [4.69, 9.17) is 9.26 Å². The van der Waals surface area contributed by atoms with Crippen LogP contribution >= 0.6 is 0 Å². The molecule has 214 valence electrons. The monoisotopic (exact) mass is 552 g/mol. The van der Waals surface area contributed by atoms with Gasteiger partial charge in [0.1, 0.15) is 6.61 Å². The number of fused-ring (bicyclic) bond motifs is 1. The van der Waals surface area contributed by atoms with Crippen molar-refractivity contribution in [3.05, 3.63) is 96.1 Å². The highest BCUT2D eigenvalue weighted by atomic mass is 16.6. The van der Waals surface area contributed by atoms with E-state index in [0.717, 1.165) is 87.2 Å². The van der Waals surface area contributed by atoms with Crippen LogP contribution in [0.1, 0.15) is 43.2 Å². The molecule has 1 aliphatic carbocycles. The average molecular weight is 553 g/mol. The second-order valence-corrected chi connectivity index (χ2v) is 11.6. The van der Waals surface area contributed by atoms with E-state index in [1.54, 1.807) is 0 Å². The summed E-state index contributed by atoms with van der Waals surface area (Å²) < 4.78 is 11.2. The summed E-state index contributed by atoms with van der Waals surface area (Å²) in [6, 6.07) is 29.2. The van der Waals surface area contributed by atoms with E-state index in [1.807, 2.05) is 60.5 Å². The molecule has 6 rings (SSSR count). The van der Waals surface area contributed by atoms with Gasteiger partial charge in [-0.15, -0.1) is 0 Å². The first-order valence-corrected chi connectivity index (χ1v) is 14.9. The number of rotatable bonds is 8. The predicted octanol–water partition coefficient (Wildman–Crippen LogP) is 6.49. The van der Waals surface area contributed by atoms with Gasteiger partial charge in [0.25, 0.3) is 0 Å². The van der Waals surface area contributed by atoms with Crippen LogP contribution in [0.25, 0.3) is 11.0 Å². The molecule has 1 aromatic heterocycles. The van der Waals surface area contributed by atoms with Crippen LogP contribution in [0.2, 0.25) is 0 Å². The molecule has 4 aromatic rings. The summed E-state index contributed by atoms with van der Waals surface area (Å²) in [5, 5.41) is 5.46. The highest BCUT2D eigenvalue weighted by Gasteiger charge is 2.39. The van der Waals surface area contributed by atoms with Crippen molar-refractivity contribution < 1.29 is 14.1 Å². The molecule has 7 nitrogen and oxygen atoms in total. The third kappa shape index (κ3) is 6.10. The van der Waals surface area contributed by atoms with E-state index in [-0.39, 0.29) is 17.6 Å². The van der Waals surface area contributed by atoms with Crippen molar-refractivity contribution in [1.29, 1.82) is 0 Å². The molecule has 2 fully saturated rings. The molecule has 3 aromatic carbocycles. The lowest BCUT2D eigenvalue weighted by atomic mass is 9.66. The van der Waals surface area contributed by atoms with Crippen molar-refractivity contribution in [2.45, 2.75) is 50.2 Å². The van der Waals surface area contributed by atoms with Crippen molar-refractivity contribution in [2.75, 3.05) is 44.7 Å². The lowest BCUT2D eigenvalue weighted by molar-refractivity contribution is 0.0735. The lowest BCUT2D eigenvalue weighted by Gasteiger charge is -2.44. The topological polar surface area (TPSA) is 62.1 Å². The molecule has 1 saturated carbocycles. The zero-order valence-electron chi connectivity index (χ0n) is 24.0. The Morgan fingerprint density at radius 2 is 1.59 bits per heavy atom. The fourth-order valence-corrected chi connectivity index (χ4v) is 6.64. The fraction of sp³-hybridized carbons (Fsp3) is 0.412. The highest BCUT2D eigenvalue weighted by molar-refractivity contribution is 5.88. The number of carbonyl (C=O) groups is 1. The molecule has 0 spiro atoms. The van der Waals surface area contributed by atoms with Crippen molar-refractivity contribution in [1.82, 2.24) is 15.0 Å². The predicted molar refractivity (Wildman–Crippen MR) is 162 cm³/mol. The molecule has 1 amide bonds. The number of para-hydroxylation sites is 1. The minimum Gasteiger partial charge on any atom is -0.445 e. The number of nitrogens with zero attached hydrogens (tertiary/aromatic N) is 4. The number of carbonyl (C=O) groups excluding carboxylic acids is 1. The number of benzene rings is 3. The first-order valence-electron chi connectivity index (χ1n) is 14.9. The van der Waals surface area contributed by atoms with Gasteiger partial charge in [-0.3, -0.25) is 4.90 Å². The van der Waals surface area contributed by atoms with Crippen LogP contribution in [-0.2, 0) is 16.8 Å². The van der Waals surface area contributed by atoms with Crippen LogP contribution in [0.15, 0.2) is 89.5 Å². The van der Waals surface area contributed by atoms with Crippen LogP contribution in [0.3, 0.4) is 0 Å². The van der Waals surface area contributed by atoms with E-state index in [1.165, 1.54) is 5.56 Å². The van der Waals surface area contributed by atoms with E-state index in [9.17, 15) is 4.79 Å². The molecule has 0 N–H and O–H groups in total. The standard InChI is InChI=1S/C34H40N4O3/c1-36(33(39)40-26-27-10-4-2-5-11-27)29-16-18-34(19-17-29,28-12-6-3-7-13-28)20-21-37-22-24-38(25-23-37)32-30-14-8-9-15-31(30)41-35-32/h2-15,29H,16-26H2,1H3. The summed E-state index contributed by atoms with van der Waals surface area (Å²) in [5.41, 5.74) is 3.42. The Morgan fingerprint density at radius 3 is 2.32 bits per heavy atom. The number of hydrogen-bond donors (Lipinski definition) is 0. The summed E-state index contributed by atoms with van der Waals surface area (Å²) >= 11 is 0. The van der Waals surface area contributed by atoms with Crippen molar-refractivity contribution in [3.8, 4) is 0 Å². The van der Waals surface area contributed by atoms with Crippen LogP contribution in [0, 0.1) is 0 Å². The number of aromatic nitrogens is 1. The fourth-order valence-electron chi connectivity index (χ4n) is 6.64. The molecule has 0 unspecified atom stereocenters. The van der Waals surface area contributed by atoms with E-state index < -0.39 is 0 Å².